The van der Waals surface area contributed by atoms with E-state index in [1.165, 1.54) is 12.1 Å². The molecule has 0 saturated carbocycles. The summed E-state index contributed by atoms with van der Waals surface area (Å²) in [6.45, 7) is 2.08. The van der Waals surface area contributed by atoms with Crippen LogP contribution in [0, 0.1) is 10.1 Å². The maximum atomic E-state index is 10.7. The number of nitrogens with zero attached hydrogens (tertiary/aromatic N) is 4. The third kappa shape index (κ3) is 3.66. The van der Waals surface area contributed by atoms with Crippen LogP contribution in [-0.2, 0) is 0 Å². The number of hydrogen-bond donors (Lipinski definition) is 1. The number of benzene rings is 1. The molecule has 0 aliphatic carbocycles. The van der Waals surface area contributed by atoms with Crippen LogP contribution in [0.2, 0.25) is 5.02 Å². The van der Waals surface area contributed by atoms with E-state index < -0.39 is 4.92 Å². The lowest BCUT2D eigenvalue weighted by molar-refractivity contribution is -0.384. The van der Waals surface area contributed by atoms with E-state index in [9.17, 15) is 10.1 Å². The summed E-state index contributed by atoms with van der Waals surface area (Å²) in [7, 11) is 0. The van der Waals surface area contributed by atoms with Gasteiger partial charge in [0.15, 0.2) is 5.75 Å². The highest BCUT2D eigenvalue weighted by Crippen LogP contribution is 2.31. The quantitative estimate of drug-likeness (QED) is 0.657. The molecule has 1 heterocycles. The topological polar surface area (TPSA) is 126 Å². The Bertz CT molecular complexity index is 682. The molecule has 0 bridgehead atoms. The molecule has 21 heavy (non-hydrogen) atoms. The highest BCUT2D eigenvalue weighted by atomic mass is 35.5. The van der Waals surface area contributed by atoms with E-state index in [2.05, 4.69) is 15.0 Å². The molecule has 0 saturated heterocycles. The SMILES string of the molecule is CCOc1nc(N)nc(Oc2cc([N+](=O)[O-])ccc2Cl)n1. The van der Waals surface area contributed by atoms with Gasteiger partial charge in [0.25, 0.3) is 5.69 Å². The van der Waals surface area contributed by atoms with Crippen molar-refractivity contribution in [3.8, 4) is 17.8 Å². The summed E-state index contributed by atoms with van der Waals surface area (Å²) in [6.07, 6.45) is 0. The molecular formula is C11H10ClN5O4. The zero-order valence-corrected chi connectivity index (χ0v) is 11.6. The highest BCUT2D eigenvalue weighted by Gasteiger charge is 2.14. The number of ether oxygens (including phenoxy) is 2. The summed E-state index contributed by atoms with van der Waals surface area (Å²) in [4.78, 5) is 21.5. The minimum Gasteiger partial charge on any atom is -0.464 e. The number of halogens is 1. The average Bonchev–Trinajstić information content (AvgIpc) is 2.40. The van der Waals surface area contributed by atoms with Crippen LogP contribution in [0.25, 0.3) is 0 Å². The van der Waals surface area contributed by atoms with Gasteiger partial charge < -0.3 is 15.2 Å². The molecule has 110 valence electrons. The van der Waals surface area contributed by atoms with Crippen molar-refractivity contribution in [2.24, 2.45) is 0 Å². The van der Waals surface area contributed by atoms with E-state index >= 15 is 0 Å². The molecule has 0 aliphatic rings. The number of rotatable bonds is 5. The maximum absolute atomic E-state index is 10.7. The van der Waals surface area contributed by atoms with Gasteiger partial charge in [0.2, 0.25) is 5.95 Å². The number of nitro benzene ring substituents is 1. The molecule has 1 aromatic heterocycles. The minimum atomic E-state index is -0.573. The zero-order valence-electron chi connectivity index (χ0n) is 10.8. The van der Waals surface area contributed by atoms with Gasteiger partial charge >= 0.3 is 12.0 Å². The molecule has 10 heteroatoms. The number of non-ortho nitro benzene ring substituents is 1. The van der Waals surface area contributed by atoms with Crippen LogP contribution in [0.3, 0.4) is 0 Å². The van der Waals surface area contributed by atoms with Crippen molar-refractivity contribution in [2.75, 3.05) is 12.3 Å². The molecule has 9 nitrogen and oxygen atoms in total. The Morgan fingerprint density at radius 1 is 1.33 bits per heavy atom. The molecule has 2 N–H and O–H groups in total. The standard InChI is InChI=1S/C11H10ClN5O4/c1-2-20-10-14-9(13)15-11(16-10)21-8-5-6(17(18)19)3-4-7(8)12/h3-5H,2H2,1H3,(H2,13,14,15,16). The first kappa shape index (κ1) is 14.7. The van der Waals surface area contributed by atoms with Crippen LogP contribution in [-0.4, -0.2) is 26.5 Å². The van der Waals surface area contributed by atoms with E-state index in [1.54, 1.807) is 6.92 Å². The van der Waals surface area contributed by atoms with E-state index in [0.717, 1.165) is 6.07 Å². The third-order valence-corrected chi connectivity index (χ3v) is 2.52. The first-order valence-electron chi connectivity index (χ1n) is 5.75. The Morgan fingerprint density at radius 3 is 2.71 bits per heavy atom. The van der Waals surface area contributed by atoms with Crippen molar-refractivity contribution in [3.63, 3.8) is 0 Å². The second-order valence-corrected chi connectivity index (χ2v) is 4.07. The van der Waals surface area contributed by atoms with Crippen molar-refractivity contribution < 1.29 is 14.4 Å². The Hall–Kier alpha value is -2.68. The summed E-state index contributed by atoms with van der Waals surface area (Å²) in [5.74, 6) is -0.0797. The Morgan fingerprint density at radius 2 is 2.05 bits per heavy atom. The average molecular weight is 312 g/mol. The molecule has 0 radical (unpaired) electrons. The molecular weight excluding hydrogens is 302 g/mol. The van der Waals surface area contributed by atoms with Crippen LogP contribution < -0.4 is 15.2 Å². The summed E-state index contributed by atoms with van der Waals surface area (Å²) in [5.41, 5.74) is 5.32. The van der Waals surface area contributed by atoms with Crippen LogP contribution in [0.4, 0.5) is 11.6 Å². The lowest BCUT2D eigenvalue weighted by Crippen LogP contribution is -2.05. The Balaban J connectivity index is 2.33. The second-order valence-electron chi connectivity index (χ2n) is 3.67. The molecule has 2 rings (SSSR count). The molecule has 0 fully saturated rings. The molecule has 2 aromatic rings. The van der Waals surface area contributed by atoms with Crippen LogP contribution in [0.1, 0.15) is 6.92 Å². The van der Waals surface area contributed by atoms with Gasteiger partial charge in [-0.15, -0.1) is 4.98 Å². The lowest BCUT2D eigenvalue weighted by Gasteiger charge is -2.07. The number of hydrogen-bond acceptors (Lipinski definition) is 8. The van der Waals surface area contributed by atoms with Gasteiger partial charge in [0.05, 0.1) is 22.6 Å². The van der Waals surface area contributed by atoms with Gasteiger partial charge in [0.1, 0.15) is 0 Å². The Kier molecular flexibility index (Phi) is 4.33. The van der Waals surface area contributed by atoms with Crippen molar-refractivity contribution in [2.45, 2.75) is 6.92 Å². The molecule has 1 aromatic carbocycles. The predicted molar refractivity (Wildman–Crippen MR) is 73.6 cm³/mol. The summed E-state index contributed by atoms with van der Waals surface area (Å²) >= 11 is 5.91. The van der Waals surface area contributed by atoms with Gasteiger partial charge in [-0.3, -0.25) is 10.1 Å². The molecule has 0 unspecified atom stereocenters. The largest absolute Gasteiger partial charge is 0.464 e. The van der Waals surface area contributed by atoms with Gasteiger partial charge in [0, 0.05) is 6.07 Å². The smallest absolute Gasteiger partial charge is 0.330 e. The second kappa shape index (κ2) is 6.18. The van der Waals surface area contributed by atoms with Gasteiger partial charge in [-0.05, 0) is 13.0 Å². The number of nitrogens with two attached hydrogens (primary N) is 1. The van der Waals surface area contributed by atoms with E-state index in [4.69, 9.17) is 26.8 Å². The lowest BCUT2D eigenvalue weighted by atomic mass is 10.3. The van der Waals surface area contributed by atoms with E-state index in [0.29, 0.717) is 6.61 Å². The fourth-order valence-electron chi connectivity index (χ4n) is 1.37. The number of aromatic nitrogens is 3. The summed E-state index contributed by atoms with van der Waals surface area (Å²) < 4.78 is 10.4. The van der Waals surface area contributed by atoms with Crippen LogP contribution in [0.15, 0.2) is 18.2 Å². The summed E-state index contributed by atoms with van der Waals surface area (Å²) in [6, 6.07) is 3.56. The minimum absolute atomic E-state index is 0.0125. The molecule has 0 spiro atoms. The highest BCUT2D eigenvalue weighted by molar-refractivity contribution is 6.32. The fourth-order valence-corrected chi connectivity index (χ4v) is 1.53. The fraction of sp³-hybridized carbons (Fsp3) is 0.182. The van der Waals surface area contributed by atoms with Gasteiger partial charge in [-0.25, -0.2) is 0 Å². The number of nitro groups is 1. The van der Waals surface area contributed by atoms with Crippen molar-refractivity contribution in [3.05, 3.63) is 33.3 Å². The van der Waals surface area contributed by atoms with Gasteiger partial charge in [-0.1, -0.05) is 11.6 Å². The maximum Gasteiger partial charge on any atom is 0.330 e. The third-order valence-electron chi connectivity index (χ3n) is 2.21. The molecule has 0 atom stereocenters. The summed E-state index contributed by atoms with van der Waals surface area (Å²) in [5, 5.41) is 10.9. The molecule has 0 aliphatic heterocycles. The van der Waals surface area contributed by atoms with Crippen molar-refractivity contribution in [1.29, 1.82) is 0 Å². The van der Waals surface area contributed by atoms with Crippen molar-refractivity contribution in [1.82, 2.24) is 15.0 Å². The predicted octanol–water partition coefficient (Wildman–Crippen LogP) is 2.21. The Labute approximate surface area is 123 Å². The molecule has 0 amide bonds. The zero-order chi connectivity index (χ0) is 15.4. The van der Waals surface area contributed by atoms with Crippen LogP contribution >= 0.6 is 11.6 Å². The first-order chi connectivity index (χ1) is 9.99. The van der Waals surface area contributed by atoms with E-state index in [-0.39, 0.29) is 34.4 Å². The first-order valence-corrected chi connectivity index (χ1v) is 6.13. The van der Waals surface area contributed by atoms with E-state index in [1.807, 2.05) is 0 Å². The van der Waals surface area contributed by atoms with Crippen molar-refractivity contribution >= 4 is 23.2 Å². The monoisotopic (exact) mass is 311 g/mol. The van der Waals surface area contributed by atoms with Gasteiger partial charge in [-0.2, -0.15) is 9.97 Å². The normalized spacial score (nSPS) is 10.2. The van der Waals surface area contributed by atoms with Crippen LogP contribution in [0.5, 0.6) is 17.8 Å². The number of anilines is 1. The number of nitrogen functional groups attached to an aromatic ring is 1.